The Labute approximate surface area is 93.2 Å². The van der Waals surface area contributed by atoms with Crippen LogP contribution in [0.3, 0.4) is 0 Å². The van der Waals surface area contributed by atoms with Crippen molar-refractivity contribution >= 4 is 28.8 Å². The Kier molecular flexibility index (Phi) is 4.29. The number of nitrogens with zero attached hydrogens (tertiary/aromatic N) is 3. The van der Waals surface area contributed by atoms with E-state index in [9.17, 15) is 0 Å². The minimum atomic E-state index is 0.135. The summed E-state index contributed by atoms with van der Waals surface area (Å²) in [5, 5.41) is 0.269. The van der Waals surface area contributed by atoms with Gasteiger partial charge in [0.05, 0.1) is 0 Å². The van der Waals surface area contributed by atoms with E-state index in [1.54, 1.807) is 0 Å². The quantitative estimate of drug-likeness (QED) is 0.801. The molecule has 0 radical (unpaired) electrons. The summed E-state index contributed by atoms with van der Waals surface area (Å²) in [4.78, 5) is 11.7. The number of hydrogen-bond acceptors (Lipinski definition) is 3. The van der Waals surface area contributed by atoms with Crippen molar-refractivity contribution in [2.24, 2.45) is 0 Å². The molecule has 0 spiro atoms. The first kappa shape index (κ1) is 11.4. The van der Waals surface area contributed by atoms with Gasteiger partial charge in [0.25, 0.3) is 0 Å². The molecule has 0 aliphatic carbocycles. The van der Waals surface area contributed by atoms with Crippen LogP contribution in [0.15, 0.2) is 6.08 Å². The molecule has 0 saturated carbocycles. The molecule has 0 amide bonds. The van der Waals surface area contributed by atoms with Crippen molar-refractivity contribution in [1.29, 1.82) is 0 Å². The molecular weight excluding hydrogens is 221 g/mol. The summed E-state index contributed by atoms with van der Waals surface area (Å²) in [5.41, 5.74) is 1.04. The normalized spacial score (nSPS) is 11.9. The maximum absolute atomic E-state index is 5.68. The van der Waals surface area contributed by atoms with Crippen LogP contribution in [0.5, 0.6) is 0 Å². The van der Waals surface area contributed by atoms with Crippen molar-refractivity contribution in [2.75, 3.05) is 0 Å². The molecule has 5 heteroatoms. The van der Waals surface area contributed by atoms with Crippen molar-refractivity contribution in [3.63, 3.8) is 0 Å². The van der Waals surface area contributed by atoms with Gasteiger partial charge in [-0.15, -0.1) is 0 Å². The van der Waals surface area contributed by atoms with Crippen LogP contribution in [-0.4, -0.2) is 15.0 Å². The van der Waals surface area contributed by atoms with Crippen LogP contribution < -0.4 is 0 Å². The Balaban J connectivity index is 3.10. The second kappa shape index (κ2) is 5.27. The van der Waals surface area contributed by atoms with Gasteiger partial charge in [-0.3, -0.25) is 0 Å². The molecule has 0 fully saturated rings. The van der Waals surface area contributed by atoms with E-state index in [0.29, 0.717) is 5.82 Å². The molecule has 14 heavy (non-hydrogen) atoms. The minimum Gasteiger partial charge on any atom is -0.198 e. The number of rotatable bonds is 3. The first-order valence-corrected chi connectivity index (χ1v) is 5.19. The second-order valence-corrected chi connectivity index (χ2v) is 3.36. The lowest BCUT2D eigenvalue weighted by Crippen LogP contribution is -1.97. The summed E-state index contributed by atoms with van der Waals surface area (Å²) in [6, 6.07) is 0. The summed E-state index contributed by atoms with van der Waals surface area (Å²) in [7, 11) is 0. The number of allylic oxidation sites excluding steroid dienone is 2. The van der Waals surface area contributed by atoms with Crippen molar-refractivity contribution < 1.29 is 0 Å². The Morgan fingerprint density at radius 2 is 1.71 bits per heavy atom. The van der Waals surface area contributed by atoms with Crippen molar-refractivity contribution in [2.45, 2.75) is 26.7 Å². The average Bonchev–Trinajstić information content (AvgIpc) is 2.12. The van der Waals surface area contributed by atoms with E-state index in [-0.39, 0.29) is 10.6 Å². The molecule has 0 unspecified atom stereocenters. The molecule has 0 aliphatic heterocycles. The molecule has 0 aromatic carbocycles. The van der Waals surface area contributed by atoms with Gasteiger partial charge in [-0.25, -0.2) is 0 Å². The average molecular weight is 232 g/mol. The maximum Gasteiger partial charge on any atom is 0.227 e. The van der Waals surface area contributed by atoms with Crippen LogP contribution in [0.2, 0.25) is 10.6 Å². The Bertz CT molecular complexity index is 330. The van der Waals surface area contributed by atoms with Gasteiger partial charge in [0.1, 0.15) is 0 Å². The summed E-state index contributed by atoms with van der Waals surface area (Å²) in [6.07, 6.45) is 3.84. The maximum atomic E-state index is 5.68. The van der Waals surface area contributed by atoms with Crippen LogP contribution in [-0.2, 0) is 0 Å². The van der Waals surface area contributed by atoms with Gasteiger partial charge in [-0.2, -0.15) is 15.0 Å². The standard InChI is InChI=1S/C9H11Cl2N3/c1-3-5-6(4-2)7-12-8(10)14-9(11)13-7/h5H,3-4H2,1-2H3/b6-5+. The molecule has 1 aromatic rings. The van der Waals surface area contributed by atoms with Gasteiger partial charge in [0, 0.05) is 0 Å². The third-order valence-electron chi connectivity index (χ3n) is 1.70. The lowest BCUT2D eigenvalue weighted by Gasteiger charge is -2.02. The molecule has 0 atom stereocenters. The van der Waals surface area contributed by atoms with Crippen LogP contribution in [0.4, 0.5) is 0 Å². The van der Waals surface area contributed by atoms with E-state index in [4.69, 9.17) is 23.2 Å². The summed E-state index contributed by atoms with van der Waals surface area (Å²) < 4.78 is 0. The van der Waals surface area contributed by atoms with Gasteiger partial charge in [-0.1, -0.05) is 19.9 Å². The van der Waals surface area contributed by atoms with E-state index < -0.39 is 0 Å². The predicted octanol–water partition coefficient (Wildman–Crippen LogP) is 3.38. The summed E-state index contributed by atoms with van der Waals surface area (Å²) >= 11 is 11.4. The zero-order valence-electron chi connectivity index (χ0n) is 8.09. The highest BCUT2D eigenvalue weighted by Crippen LogP contribution is 2.17. The van der Waals surface area contributed by atoms with Crippen LogP contribution in [0.1, 0.15) is 32.5 Å². The molecule has 0 N–H and O–H groups in total. The zero-order valence-corrected chi connectivity index (χ0v) is 9.60. The summed E-state index contributed by atoms with van der Waals surface area (Å²) in [5.74, 6) is 0.569. The van der Waals surface area contributed by atoms with Gasteiger partial charge in [0.2, 0.25) is 10.6 Å². The molecule has 1 rings (SSSR count). The van der Waals surface area contributed by atoms with Crippen LogP contribution in [0.25, 0.3) is 5.57 Å². The lowest BCUT2D eigenvalue weighted by atomic mass is 10.1. The van der Waals surface area contributed by atoms with Crippen molar-refractivity contribution in [3.05, 3.63) is 22.5 Å². The van der Waals surface area contributed by atoms with Crippen LogP contribution >= 0.6 is 23.2 Å². The SMILES string of the molecule is CC/C=C(\CC)c1nc(Cl)nc(Cl)n1. The van der Waals surface area contributed by atoms with Gasteiger partial charge >= 0.3 is 0 Å². The van der Waals surface area contributed by atoms with Crippen LogP contribution in [0, 0.1) is 0 Å². The van der Waals surface area contributed by atoms with E-state index in [2.05, 4.69) is 28.0 Å². The molecule has 3 nitrogen and oxygen atoms in total. The monoisotopic (exact) mass is 231 g/mol. The fourth-order valence-electron chi connectivity index (χ4n) is 1.11. The topological polar surface area (TPSA) is 38.7 Å². The molecule has 76 valence electrons. The predicted molar refractivity (Wildman–Crippen MR) is 58.4 cm³/mol. The molecule has 1 aromatic heterocycles. The van der Waals surface area contributed by atoms with E-state index in [1.807, 2.05) is 6.92 Å². The number of aromatic nitrogens is 3. The highest BCUT2D eigenvalue weighted by atomic mass is 35.5. The van der Waals surface area contributed by atoms with E-state index in [0.717, 1.165) is 18.4 Å². The van der Waals surface area contributed by atoms with Gasteiger partial charge in [-0.05, 0) is 41.6 Å². The largest absolute Gasteiger partial charge is 0.227 e. The first-order chi connectivity index (χ1) is 6.67. The highest BCUT2D eigenvalue weighted by molar-refractivity contribution is 6.31. The second-order valence-electron chi connectivity index (χ2n) is 2.69. The van der Waals surface area contributed by atoms with Crippen molar-refractivity contribution in [3.8, 4) is 0 Å². The van der Waals surface area contributed by atoms with Gasteiger partial charge < -0.3 is 0 Å². The molecule has 0 saturated heterocycles. The first-order valence-electron chi connectivity index (χ1n) is 4.43. The number of halogens is 2. The van der Waals surface area contributed by atoms with E-state index in [1.165, 1.54) is 0 Å². The lowest BCUT2D eigenvalue weighted by molar-refractivity contribution is 0.993. The zero-order chi connectivity index (χ0) is 10.6. The van der Waals surface area contributed by atoms with Gasteiger partial charge in [0.15, 0.2) is 5.82 Å². The smallest absolute Gasteiger partial charge is 0.198 e. The molecular formula is C9H11Cl2N3. The molecule has 1 heterocycles. The Hall–Kier alpha value is -0.670. The highest BCUT2D eigenvalue weighted by Gasteiger charge is 2.06. The third kappa shape index (κ3) is 2.93. The Morgan fingerprint density at radius 3 is 2.14 bits per heavy atom. The Morgan fingerprint density at radius 1 is 1.14 bits per heavy atom. The number of hydrogen-bond donors (Lipinski definition) is 0. The fraction of sp³-hybridized carbons (Fsp3) is 0.444. The minimum absolute atomic E-state index is 0.135. The van der Waals surface area contributed by atoms with E-state index >= 15 is 0 Å². The fourth-order valence-corrected chi connectivity index (χ4v) is 1.47. The molecule has 0 bridgehead atoms. The third-order valence-corrected chi connectivity index (χ3v) is 2.04. The van der Waals surface area contributed by atoms with Crippen molar-refractivity contribution in [1.82, 2.24) is 15.0 Å². The summed E-state index contributed by atoms with van der Waals surface area (Å²) in [6.45, 7) is 4.09. The molecule has 0 aliphatic rings.